The van der Waals surface area contributed by atoms with E-state index in [1.165, 1.54) is 0 Å². The molecule has 16 heavy (non-hydrogen) atoms. The van der Waals surface area contributed by atoms with E-state index >= 15 is 0 Å². The van der Waals surface area contributed by atoms with Crippen LogP contribution >= 0.6 is 0 Å². The number of nitrogens with one attached hydrogen (secondary N) is 2. The third-order valence-corrected chi connectivity index (χ3v) is 2.73. The summed E-state index contributed by atoms with van der Waals surface area (Å²) in [5.74, 6) is 0.658. The lowest BCUT2D eigenvalue weighted by Crippen LogP contribution is -2.59. The van der Waals surface area contributed by atoms with E-state index in [1.54, 1.807) is 0 Å². The summed E-state index contributed by atoms with van der Waals surface area (Å²) in [5, 5.41) is 6.40. The van der Waals surface area contributed by atoms with Gasteiger partial charge in [0.15, 0.2) is 5.96 Å². The van der Waals surface area contributed by atoms with Crippen LogP contribution in [0.1, 0.15) is 6.92 Å². The van der Waals surface area contributed by atoms with Crippen molar-refractivity contribution in [2.24, 2.45) is 4.99 Å². The van der Waals surface area contributed by atoms with Gasteiger partial charge in [0.2, 0.25) is 0 Å². The Bertz CT molecular complexity index is 293. The summed E-state index contributed by atoms with van der Waals surface area (Å²) in [6.45, 7) is 6.17. The molecule has 0 bridgehead atoms. The van der Waals surface area contributed by atoms with Crippen LogP contribution in [0.15, 0.2) is 4.99 Å². The first kappa shape index (κ1) is 11.2. The first-order valence-corrected chi connectivity index (χ1v) is 5.75. The van der Waals surface area contributed by atoms with Gasteiger partial charge in [-0.3, -0.25) is 4.99 Å². The number of esters is 1. The number of hydrogen-bond donors (Lipinski definition) is 2. The molecular weight excluding hydrogens is 208 g/mol. The molecule has 0 aliphatic carbocycles. The summed E-state index contributed by atoms with van der Waals surface area (Å²) < 4.78 is 5.07. The number of carbonyl (C=O) groups excluding carboxylic acids is 1. The van der Waals surface area contributed by atoms with E-state index in [-0.39, 0.29) is 12.0 Å². The predicted octanol–water partition coefficient (Wildman–Crippen LogP) is -1.22. The van der Waals surface area contributed by atoms with Crippen LogP contribution in [0.3, 0.4) is 0 Å². The van der Waals surface area contributed by atoms with Crippen molar-refractivity contribution < 1.29 is 9.53 Å². The third kappa shape index (κ3) is 2.27. The molecule has 0 aromatic carbocycles. The Balaban J connectivity index is 2.04. The van der Waals surface area contributed by atoms with E-state index in [4.69, 9.17) is 4.74 Å². The lowest BCUT2D eigenvalue weighted by Gasteiger charge is -2.35. The second kappa shape index (κ2) is 5.16. The van der Waals surface area contributed by atoms with Gasteiger partial charge in [-0.15, -0.1) is 0 Å². The molecule has 2 rings (SSSR count). The van der Waals surface area contributed by atoms with Crippen LogP contribution in [0.25, 0.3) is 0 Å². The quantitative estimate of drug-likeness (QED) is 0.578. The molecule has 6 heteroatoms. The zero-order chi connectivity index (χ0) is 11.4. The van der Waals surface area contributed by atoms with Crippen LogP contribution in [-0.4, -0.2) is 62.2 Å². The fraction of sp³-hybridized carbons (Fsp3) is 0.800. The summed E-state index contributed by atoms with van der Waals surface area (Å²) in [5.41, 5.74) is 0. The van der Waals surface area contributed by atoms with Crippen LogP contribution in [0.2, 0.25) is 0 Å². The predicted molar refractivity (Wildman–Crippen MR) is 60.3 cm³/mol. The Hall–Kier alpha value is -1.30. The largest absolute Gasteiger partial charge is 0.464 e. The summed E-state index contributed by atoms with van der Waals surface area (Å²) >= 11 is 0. The molecule has 1 atom stereocenters. The highest BCUT2D eigenvalue weighted by Crippen LogP contribution is 2.07. The number of nitrogens with zero attached hydrogens (tertiary/aromatic N) is 2. The fourth-order valence-corrected chi connectivity index (χ4v) is 1.98. The average molecular weight is 226 g/mol. The van der Waals surface area contributed by atoms with Gasteiger partial charge in [0.1, 0.15) is 6.04 Å². The van der Waals surface area contributed by atoms with Crippen molar-refractivity contribution in [2.45, 2.75) is 13.0 Å². The standard InChI is InChI=1S/C10H18N4O2/c1-2-16-9(15)8-7-11-5-6-14(8)10-12-3-4-13-10/h8,11H,2-7H2,1H3,(H,12,13). The second-order valence-electron chi connectivity index (χ2n) is 3.80. The topological polar surface area (TPSA) is 66.0 Å². The molecule has 0 amide bonds. The van der Waals surface area contributed by atoms with Gasteiger partial charge in [0.25, 0.3) is 0 Å². The highest BCUT2D eigenvalue weighted by Gasteiger charge is 2.32. The number of carbonyl (C=O) groups is 1. The maximum atomic E-state index is 11.8. The molecule has 2 aliphatic rings. The third-order valence-electron chi connectivity index (χ3n) is 2.73. The Kier molecular flexibility index (Phi) is 3.61. The van der Waals surface area contributed by atoms with E-state index < -0.39 is 0 Å². The molecule has 2 heterocycles. The van der Waals surface area contributed by atoms with Gasteiger partial charge in [-0.1, -0.05) is 0 Å². The lowest BCUT2D eigenvalue weighted by molar-refractivity contribution is -0.148. The van der Waals surface area contributed by atoms with Gasteiger partial charge in [-0.25, -0.2) is 4.79 Å². The smallest absolute Gasteiger partial charge is 0.330 e. The Morgan fingerprint density at radius 1 is 1.62 bits per heavy atom. The number of rotatable bonds is 2. The maximum absolute atomic E-state index is 11.8. The van der Waals surface area contributed by atoms with Gasteiger partial charge in [-0.2, -0.15) is 0 Å². The Labute approximate surface area is 95.0 Å². The number of piperazine rings is 1. The first-order chi connectivity index (χ1) is 7.83. The molecule has 1 unspecified atom stereocenters. The molecule has 0 saturated carbocycles. The molecule has 0 radical (unpaired) electrons. The zero-order valence-corrected chi connectivity index (χ0v) is 9.53. The van der Waals surface area contributed by atoms with Gasteiger partial charge < -0.3 is 20.3 Å². The van der Waals surface area contributed by atoms with Crippen molar-refractivity contribution in [2.75, 3.05) is 39.3 Å². The minimum atomic E-state index is -0.252. The normalized spacial score (nSPS) is 24.9. The van der Waals surface area contributed by atoms with Crippen LogP contribution in [0, 0.1) is 0 Å². The van der Waals surface area contributed by atoms with Gasteiger partial charge >= 0.3 is 5.97 Å². The lowest BCUT2D eigenvalue weighted by atomic mass is 10.2. The fourth-order valence-electron chi connectivity index (χ4n) is 1.98. The van der Waals surface area contributed by atoms with E-state index in [9.17, 15) is 4.79 Å². The van der Waals surface area contributed by atoms with Crippen molar-refractivity contribution in [1.29, 1.82) is 0 Å². The SMILES string of the molecule is CCOC(=O)C1CNCCN1C1=NCCN1. The molecule has 0 aromatic heterocycles. The van der Waals surface area contributed by atoms with Crippen molar-refractivity contribution in [3.8, 4) is 0 Å². The Morgan fingerprint density at radius 3 is 3.19 bits per heavy atom. The molecule has 1 fully saturated rings. The van der Waals surface area contributed by atoms with Crippen molar-refractivity contribution in [3.05, 3.63) is 0 Å². The number of ether oxygens (including phenoxy) is 1. The van der Waals surface area contributed by atoms with E-state index in [2.05, 4.69) is 15.6 Å². The molecule has 2 aliphatic heterocycles. The second-order valence-corrected chi connectivity index (χ2v) is 3.80. The minimum absolute atomic E-state index is 0.175. The van der Waals surface area contributed by atoms with Crippen LogP contribution in [0.5, 0.6) is 0 Å². The first-order valence-electron chi connectivity index (χ1n) is 5.75. The van der Waals surface area contributed by atoms with Gasteiger partial charge in [-0.05, 0) is 6.92 Å². The highest BCUT2D eigenvalue weighted by atomic mass is 16.5. The summed E-state index contributed by atoms with van der Waals surface area (Å²) in [6.07, 6.45) is 0. The summed E-state index contributed by atoms with van der Waals surface area (Å²) in [4.78, 5) is 18.1. The zero-order valence-electron chi connectivity index (χ0n) is 9.53. The molecule has 90 valence electrons. The molecule has 6 nitrogen and oxygen atoms in total. The summed E-state index contributed by atoms with van der Waals surface area (Å²) in [6, 6.07) is -0.252. The van der Waals surface area contributed by atoms with Crippen LogP contribution in [0.4, 0.5) is 0 Å². The number of guanidine groups is 1. The minimum Gasteiger partial charge on any atom is -0.464 e. The number of hydrogen-bond acceptors (Lipinski definition) is 6. The van der Waals surface area contributed by atoms with E-state index in [1.807, 2.05) is 11.8 Å². The molecule has 0 aromatic rings. The molecule has 2 N–H and O–H groups in total. The highest BCUT2D eigenvalue weighted by molar-refractivity contribution is 5.87. The van der Waals surface area contributed by atoms with Crippen LogP contribution < -0.4 is 10.6 Å². The Morgan fingerprint density at radius 2 is 2.50 bits per heavy atom. The van der Waals surface area contributed by atoms with Crippen molar-refractivity contribution >= 4 is 11.9 Å². The van der Waals surface area contributed by atoms with E-state index in [0.29, 0.717) is 13.2 Å². The van der Waals surface area contributed by atoms with Crippen LogP contribution in [-0.2, 0) is 9.53 Å². The van der Waals surface area contributed by atoms with Gasteiger partial charge in [0, 0.05) is 26.2 Å². The summed E-state index contributed by atoms with van der Waals surface area (Å²) in [7, 11) is 0. The molecular formula is C10H18N4O2. The monoisotopic (exact) mass is 226 g/mol. The van der Waals surface area contributed by atoms with Crippen molar-refractivity contribution in [3.63, 3.8) is 0 Å². The van der Waals surface area contributed by atoms with Crippen molar-refractivity contribution in [1.82, 2.24) is 15.5 Å². The van der Waals surface area contributed by atoms with E-state index in [0.717, 1.165) is 32.1 Å². The maximum Gasteiger partial charge on any atom is 0.330 e. The average Bonchev–Trinajstić information content (AvgIpc) is 2.83. The molecule has 1 saturated heterocycles. The molecule has 0 spiro atoms. The van der Waals surface area contributed by atoms with Gasteiger partial charge in [0.05, 0.1) is 13.2 Å². The number of aliphatic imine (C=N–C) groups is 1.